The molecule has 0 atom stereocenters. The minimum absolute atomic E-state index is 0.473. The molecule has 0 aliphatic heterocycles. The Labute approximate surface area is 124 Å². The van der Waals surface area contributed by atoms with Gasteiger partial charge in [-0.15, -0.1) is 0 Å². The Kier molecular flexibility index (Phi) is 4.60. The normalized spacial score (nSPS) is 11.0. The van der Waals surface area contributed by atoms with Crippen LogP contribution in [0.2, 0.25) is 0 Å². The van der Waals surface area contributed by atoms with Crippen LogP contribution in [0.25, 0.3) is 0 Å². The molecule has 0 radical (unpaired) electrons. The van der Waals surface area contributed by atoms with E-state index in [2.05, 4.69) is 0 Å². The Hall–Kier alpha value is -2.33. The molecule has 0 spiro atoms. The van der Waals surface area contributed by atoms with E-state index in [1.807, 2.05) is 45.0 Å². The first-order valence-corrected chi connectivity index (χ1v) is 6.77. The van der Waals surface area contributed by atoms with Crippen molar-refractivity contribution in [1.29, 1.82) is 0 Å². The highest BCUT2D eigenvalue weighted by Gasteiger charge is 2.25. The number of carbonyl (C=O) groups excluding carboxylic acids is 1. The van der Waals surface area contributed by atoms with Crippen molar-refractivity contribution in [1.82, 2.24) is 0 Å². The van der Waals surface area contributed by atoms with Crippen molar-refractivity contribution in [2.24, 2.45) is 0 Å². The molecular weight excluding hydrogens is 266 g/mol. The van der Waals surface area contributed by atoms with Crippen LogP contribution in [0.5, 0.6) is 5.75 Å². The SMILES string of the molecule is CC(C)(C)ON(C(=O)Oc1ccccc1)c1ccccc1. The van der Waals surface area contributed by atoms with Gasteiger partial charge in [-0.05, 0) is 45.0 Å². The standard InChI is InChI=1S/C17H19NO3/c1-17(2,3)21-18(14-10-6-4-7-11-14)16(19)20-15-12-8-5-9-13-15/h4-13H,1-3H3. The molecule has 4 heteroatoms. The first-order chi connectivity index (χ1) is 9.96. The molecule has 0 saturated heterocycles. The zero-order valence-electron chi connectivity index (χ0n) is 12.4. The van der Waals surface area contributed by atoms with Crippen molar-refractivity contribution >= 4 is 11.8 Å². The number of hydrogen-bond acceptors (Lipinski definition) is 3. The Balaban J connectivity index is 2.21. The maximum atomic E-state index is 12.4. The van der Waals surface area contributed by atoms with E-state index in [9.17, 15) is 4.79 Å². The van der Waals surface area contributed by atoms with Crippen LogP contribution >= 0.6 is 0 Å². The molecule has 1 amide bonds. The summed E-state index contributed by atoms with van der Waals surface area (Å²) in [6, 6.07) is 18.0. The number of rotatable bonds is 3. The number of nitrogens with zero attached hydrogens (tertiary/aromatic N) is 1. The lowest BCUT2D eigenvalue weighted by Crippen LogP contribution is -2.40. The summed E-state index contributed by atoms with van der Waals surface area (Å²) in [5.74, 6) is 0.473. The van der Waals surface area contributed by atoms with E-state index in [0.717, 1.165) is 0 Å². The van der Waals surface area contributed by atoms with Gasteiger partial charge in [0, 0.05) is 0 Å². The Bertz CT molecular complexity index is 576. The predicted octanol–water partition coefficient (Wildman–Crippen LogP) is 4.42. The molecule has 110 valence electrons. The van der Waals surface area contributed by atoms with Gasteiger partial charge in [0.15, 0.2) is 0 Å². The summed E-state index contributed by atoms with van der Waals surface area (Å²) in [7, 11) is 0. The number of para-hydroxylation sites is 2. The lowest BCUT2D eigenvalue weighted by Gasteiger charge is -2.28. The largest absolute Gasteiger partial charge is 0.444 e. The lowest BCUT2D eigenvalue weighted by atomic mass is 10.2. The number of benzene rings is 2. The van der Waals surface area contributed by atoms with Crippen LogP contribution in [0, 0.1) is 0 Å². The molecule has 0 aliphatic carbocycles. The van der Waals surface area contributed by atoms with Gasteiger partial charge in [-0.2, -0.15) is 5.06 Å². The van der Waals surface area contributed by atoms with Crippen LogP contribution in [0.3, 0.4) is 0 Å². The molecule has 0 unspecified atom stereocenters. The smallest absolute Gasteiger partial charge is 0.408 e. The summed E-state index contributed by atoms with van der Waals surface area (Å²) >= 11 is 0. The fourth-order valence-electron chi connectivity index (χ4n) is 1.66. The van der Waals surface area contributed by atoms with E-state index in [-0.39, 0.29) is 0 Å². The van der Waals surface area contributed by atoms with Crippen molar-refractivity contribution in [2.45, 2.75) is 26.4 Å². The monoisotopic (exact) mass is 285 g/mol. The Morgan fingerprint density at radius 1 is 0.905 bits per heavy atom. The van der Waals surface area contributed by atoms with Crippen molar-refractivity contribution in [2.75, 3.05) is 5.06 Å². The molecule has 0 saturated carbocycles. The summed E-state index contributed by atoms with van der Waals surface area (Å²) in [6.45, 7) is 5.62. The van der Waals surface area contributed by atoms with Gasteiger partial charge in [0.1, 0.15) is 5.75 Å². The predicted molar refractivity (Wildman–Crippen MR) is 82.2 cm³/mol. The topological polar surface area (TPSA) is 38.8 Å². The van der Waals surface area contributed by atoms with E-state index < -0.39 is 11.7 Å². The average Bonchev–Trinajstić information content (AvgIpc) is 2.46. The summed E-state index contributed by atoms with van der Waals surface area (Å²) in [5, 5.41) is 1.17. The highest BCUT2D eigenvalue weighted by molar-refractivity contribution is 5.86. The first kappa shape index (κ1) is 15.1. The van der Waals surface area contributed by atoms with Crippen LogP contribution in [0.4, 0.5) is 10.5 Å². The fourth-order valence-corrected chi connectivity index (χ4v) is 1.66. The van der Waals surface area contributed by atoms with Gasteiger partial charge in [-0.1, -0.05) is 36.4 Å². The third kappa shape index (κ3) is 4.61. The molecule has 0 N–H and O–H groups in total. The number of amides is 1. The van der Waals surface area contributed by atoms with E-state index in [1.165, 1.54) is 5.06 Å². The molecule has 0 aliphatic rings. The maximum absolute atomic E-state index is 12.4. The minimum atomic E-state index is -0.581. The minimum Gasteiger partial charge on any atom is -0.408 e. The molecule has 0 aromatic heterocycles. The highest BCUT2D eigenvalue weighted by atomic mass is 16.7. The average molecular weight is 285 g/mol. The summed E-state index contributed by atoms with van der Waals surface area (Å²) in [4.78, 5) is 18.1. The molecule has 2 rings (SSSR count). The summed E-state index contributed by atoms with van der Waals surface area (Å²) in [5.41, 5.74) is 0.0966. The summed E-state index contributed by atoms with van der Waals surface area (Å²) < 4.78 is 5.34. The number of hydroxylamine groups is 1. The zero-order valence-corrected chi connectivity index (χ0v) is 12.4. The van der Waals surface area contributed by atoms with Gasteiger partial charge in [0.25, 0.3) is 0 Å². The van der Waals surface area contributed by atoms with E-state index in [4.69, 9.17) is 9.57 Å². The molecule has 2 aromatic rings. The Morgan fingerprint density at radius 2 is 1.43 bits per heavy atom. The maximum Gasteiger partial charge on any atom is 0.444 e. The highest BCUT2D eigenvalue weighted by Crippen LogP contribution is 2.21. The van der Waals surface area contributed by atoms with E-state index in [1.54, 1.807) is 36.4 Å². The second kappa shape index (κ2) is 6.41. The second-order valence-corrected chi connectivity index (χ2v) is 5.51. The van der Waals surface area contributed by atoms with Gasteiger partial charge in [-0.25, -0.2) is 4.79 Å². The number of anilines is 1. The molecule has 4 nitrogen and oxygen atoms in total. The van der Waals surface area contributed by atoms with Crippen LogP contribution in [0.1, 0.15) is 20.8 Å². The molecule has 0 heterocycles. The van der Waals surface area contributed by atoms with Gasteiger partial charge >= 0.3 is 6.09 Å². The lowest BCUT2D eigenvalue weighted by molar-refractivity contribution is -0.0142. The molecule has 0 bridgehead atoms. The third-order valence-corrected chi connectivity index (χ3v) is 2.47. The van der Waals surface area contributed by atoms with Gasteiger partial charge in [-0.3, -0.25) is 4.84 Å². The molecule has 2 aromatic carbocycles. The fraction of sp³-hybridized carbons (Fsp3) is 0.235. The van der Waals surface area contributed by atoms with E-state index in [0.29, 0.717) is 11.4 Å². The van der Waals surface area contributed by atoms with Crippen molar-refractivity contribution in [3.8, 4) is 5.75 Å². The van der Waals surface area contributed by atoms with Crippen LogP contribution in [-0.4, -0.2) is 11.7 Å². The quantitative estimate of drug-likeness (QED) is 0.783. The summed E-state index contributed by atoms with van der Waals surface area (Å²) in [6.07, 6.45) is -0.581. The van der Waals surface area contributed by atoms with Crippen molar-refractivity contribution < 1.29 is 14.4 Å². The molecule has 0 fully saturated rings. The molecule has 21 heavy (non-hydrogen) atoms. The Morgan fingerprint density at radius 3 is 1.95 bits per heavy atom. The third-order valence-electron chi connectivity index (χ3n) is 2.47. The van der Waals surface area contributed by atoms with Gasteiger partial charge in [0.05, 0.1) is 11.3 Å². The van der Waals surface area contributed by atoms with Gasteiger partial charge < -0.3 is 4.74 Å². The van der Waals surface area contributed by atoms with Crippen molar-refractivity contribution in [3.63, 3.8) is 0 Å². The van der Waals surface area contributed by atoms with Gasteiger partial charge in [0.2, 0.25) is 0 Å². The number of ether oxygens (including phenoxy) is 1. The van der Waals surface area contributed by atoms with Crippen molar-refractivity contribution in [3.05, 3.63) is 60.7 Å². The zero-order chi connectivity index (χ0) is 15.3. The van der Waals surface area contributed by atoms with Crippen LogP contribution < -0.4 is 9.80 Å². The van der Waals surface area contributed by atoms with Crippen LogP contribution in [0.15, 0.2) is 60.7 Å². The number of carbonyl (C=O) groups is 1. The first-order valence-electron chi connectivity index (χ1n) is 6.77. The second-order valence-electron chi connectivity index (χ2n) is 5.51. The van der Waals surface area contributed by atoms with E-state index >= 15 is 0 Å². The number of hydrogen-bond donors (Lipinski definition) is 0. The van der Waals surface area contributed by atoms with Crippen LogP contribution in [-0.2, 0) is 4.84 Å². The molecular formula is C17H19NO3.